The second-order valence-corrected chi connectivity index (χ2v) is 5.03. The molecule has 0 aliphatic heterocycles. The topological polar surface area (TPSA) is 42.2 Å². The molecule has 1 aromatic heterocycles. The van der Waals surface area contributed by atoms with E-state index in [2.05, 4.69) is 32.9 Å². The van der Waals surface area contributed by atoms with Crippen LogP contribution < -0.4 is 10.6 Å². The summed E-state index contributed by atoms with van der Waals surface area (Å²) in [6, 6.07) is 2.52. The minimum atomic E-state index is 0.612. The predicted molar refractivity (Wildman–Crippen MR) is 67.0 cm³/mol. The van der Waals surface area contributed by atoms with Crippen LogP contribution >= 0.6 is 15.9 Å². The van der Waals surface area contributed by atoms with Gasteiger partial charge in [0.15, 0.2) is 5.82 Å². The molecule has 0 aromatic carbocycles. The van der Waals surface area contributed by atoms with E-state index in [-0.39, 0.29) is 0 Å². The zero-order valence-corrected chi connectivity index (χ0v) is 10.5. The van der Waals surface area contributed by atoms with Gasteiger partial charge >= 0.3 is 0 Å². The molecule has 0 atom stereocenters. The third-order valence-electron chi connectivity index (χ3n) is 3.07. The summed E-state index contributed by atoms with van der Waals surface area (Å²) in [6.07, 6.45) is 6.97. The SMILES string of the molecule is CN(c1ncc(Br)cc1N)C1CCCC1. The van der Waals surface area contributed by atoms with E-state index in [1.807, 2.05) is 6.07 Å². The molecule has 1 saturated carbocycles. The number of anilines is 2. The van der Waals surface area contributed by atoms with Crippen molar-refractivity contribution >= 4 is 27.4 Å². The Morgan fingerprint density at radius 1 is 1.47 bits per heavy atom. The van der Waals surface area contributed by atoms with Crippen LogP contribution in [-0.4, -0.2) is 18.1 Å². The Morgan fingerprint density at radius 3 is 2.73 bits per heavy atom. The van der Waals surface area contributed by atoms with E-state index in [1.165, 1.54) is 25.7 Å². The molecule has 1 heterocycles. The van der Waals surface area contributed by atoms with Crippen LogP contribution in [0.2, 0.25) is 0 Å². The first-order valence-corrected chi connectivity index (χ1v) is 6.11. The lowest BCUT2D eigenvalue weighted by Crippen LogP contribution is -2.30. The number of aromatic nitrogens is 1. The largest absolute Gasteiger partial charge is 0.396 e. The van der Waals surface area contributed by atoms with Gasteiger partial charge in [-0.2, -0.15) is 0 Å². The smallest absolute Gasteiger partial charge is 0.151 e. The fourth-order valence-corrected chi connectivity index (χ4v) is 2.56. The van der Waals surface area contributed by atoms with Crippen molar-refractivity contribution in [3.63, 3.8) is 0 Å². The first-order chi connectivity index (χ1) is 7.18. The van der Waals surface area contributed by atoms with E-state index in [4.69, 9.17) is 5.73 Å². The summed E-state index contributed by atoms with van der Waals surface area (Å²) in [5.41, 5.74) is 6.70. The van der Waals surface area contributed by atoms with Gasteiger partial charge in [0.1, 0.15) is 0 Å². The summed E-state index contributed by atoms with van der Waals surface area (Å²) in [5.74, 6) is 0.908. The lowest BCUT2D eigenvalue weighted by molar-refractivity contribution is 0.647. The zero-order chi connectivity index (χ0) is 10.8. The molecular formula is C11H16BrN3. The molecule has 2 N–H and O–H groups in total. The Hall–Kier alpha value is -0.770. The molecule has 1 aliphatic carbocycles. The molecule has 0 unspecified atom stereocenters. The lowest BCUT2D eigenvalue weighted by Gasteiger charge is -2.26. The summed E-state index contributed by atoms with van der Waals surface area (Å²) in [4.78, 5) is 6.59. The van der Waals surface area contributed by atoms with Crippen molar-refractivity contribution < 1.29 is 0 Å². The van der Waals surface area contributed by atoms with Gasteiger partial charge in [-0.3, -0.25) is 0 Å². The molecule has 0 bridgehead atoms. The van der Waals surface area contributed by atoms with Crippen molar-refractivity contribution in [1.82, 2.24) is 4.98 Å². The van der Waals surface area contributed by atoms with Gasteiger partial charge in [0.25, 0.3) is 0 Å². The van der Waals surface area contributed by atoms with Gasteiger partial charge in [0.2, 0.25) is 0 Å². The van der Waals surface area contributed by atoms with E-state index < -0.39 is 0 Å². The average Bonchev–Trinajstić information content (AvgIpc) is 2.69. The van der Waals surface area contributed by atoms with Crippen LogP contribution in [0.25, 0.3) is 0 Å². The average molecular weight is 270 g/mol. The van der Waals surface area contributed by atoms with Crippen molar-refractivity contribution in [3.05, 3.63) is 16.7 Å². The molecule has 15 heavy (non-hydrogen) atoms. The number of halogens is 1. The minimum Gasteiger partial charge on any atom is -0.396 e. The number of pyridine rings is 1. The van der Waals surface area contributed by atoms with Crippen LogP contribution in [0.1, 0.15) is 25.7 Å². The maximum Gasteiger partial charge on any atom is 0.151 e. The Bertz CT molecular complexity index is 348. The molecule has 1 fully saturated rings. The number of nitrogens with zero attached hydrogens (tertiary/aromatic N) is 2. The van der Waals surface area contributed by atoms with Gasteiger partial charge in [0, 0.05) is 23.8 Å². The van der Waals surface area contributed by atoms with Crippen molar-refractivity contribution in [3.8, 4) is 0 Å². The van der Waals surface area contributed by atoms with Crippen LogP contribution in [0.15, 0.2) is 16.7 Å². The van der Waals surface area contributed by atoms with Crippen molar-refractivity contribution in [1.29, 1.82) is 0 Å². The van der Waals surface area contributed by atoms with Crippen LogP contribution in [0, 0.1) is 0 Å². The quantitative estimate of drug-likeness (QED) is 0.898. The summed E-state index contributed by atoms with van der Waals surface area (Å²) >= 11 is 3.37. The highest BCUT2D eigenvalue weighted by molar-refractivity contribution is 9.10. The lowest BCUT2D eigenvalue weighted by atomic mass is 10.2. The maximum atomic E-state index is 5.96. The van der Waals surface area contributed by atoms with E-state index in [0.717, 1.165) is 16.0 Å². The van der Waals surface area contributed by atoms with E-state index in [9.17, 15) is 0 Å². The number of rotatable bonds is 2. The summed E-state index contributed by atoms with van der Waals surface area (Å²) in [7, 11) is 2.09. The Kier molecular flexibility index (Phi) is 3.14. The molecule has 4 heteroatoms. The Balaban J connectivity index is 2.20. The standard InChI is InChI=1S/C11H16BrN3/c1-15(9-4-2-3-5-9)11-10(13)6-8(12)7-14-11/h6-7,9H,2-5,13H2,1H3. The van der Waals surface area contributed by atoms with E-state index >= 15 is 0 Å². The zero-order valence-electron chi connectivity index (χ0n) is 8.91. The van der Waals surface area contributed by atoms with Crippen LogP contribution in [0.3, 0.4) is 0 Å². The van der Waals surface area contributed by atoms with Crippen molar-refractivity contribution in [2.75, 3.05) is 17.7 Å². The third kappa shape index (κ3) is 2.25. The molecule has 0 amide bonds. The van der Waals surface area contributed by atoms with Gasteiger partial charge in [-0.15, -0.1) is 0 Å². The molecule has 0 radical (unpaired) electrons. The number of hydrogen-bond donors (Lipinski definition) is 1. The molecule has 3 nitrogen and oxygen atoms in total. The number of hydrogen-bond acceptors (Lipinski definition) is 3. The summed E-state index contributed by atoms with van der Waals surface area (Å²) in [6.45, 7) is 0. The highest BCUT2D eigenvalue weighted by atomic mass is 79.9. The number of nitrogens with two attached hydrogens (primary N) is 1. The third-order valence-corrected chi connectivity index (χ3v) is 3.50. The fraction of sp³-hybridized carbons (Fsp3) is 0.545. The Morgan fingerprint density at radius 2 is 2.13 bits per heavy atom. The highest BCUT2D eigenvalue weighted by Gasteiger charge is 2.21. The summed E-state index contributed by atoms with van der Waals surface area (Å²) < 4.78 is 0.934. The van der Waals surface area contributed by atoms with E-state index in [0.29, 0.717) is 6.04 Å². The molecule has 2 rings (SSSR count). The minimum absolute atomic E-state index is 0.612. The fourth-order valence-electron chi connectivity index (χ4n) is 2.21. The first-order valence-electron chi connectivity index (χ1n) is 5.32. The van der Waals surface area contributed by atoms with Crippen LogP contribution in [0.5, 0.6) is 0 Å². The van der Waals surface area contributed by atoms with Crippen molar-refractivity contribution in [2.24, 2.45) is 0 Å². The van der Waals surface area contributed by atoms with Gasteiger partial charge in [0.05, 0.1) is 5.69 Å². The predicted octanol–water partition coefficient (Wildman–Crippen LogP) is 2.81. The molecule has 0 spiro atoms. The Labute approximate surface area is 98.8 Å². The van der Waals surface area contributed by atoms with Gasteiger partial charge in [-0.1, -0.05) is 12.8 Å². The molecule has 0 saturated heterocycles. The monoisotopic (exact) mass is 269 g/mol. The number of nitrogen functional groups attached to an aromatic ring is 1. The molecule has 1 aromatic rings. The maximum absolute atomic E-state index is 5.96. The second-order valence-electron chi connectivity index (χ2n) is 4.12. The summed E-state index contributed by atoms with van der Waals surface area (Å²) in [5, 5.41) is 0. The van der Waals surface area contributed by atoms with Crippen molar-refractivity contribution in [2.45, 2.75) is 31.7 Å². The molecule has 1 aliphatic rings. The second kappa shape index (κ2) is 4.39. The van der Waals surface area contributed by atoms with Gasteiger partial charge < -0.3 is 10.6 Å². The highest BCUT2D eigenvalue weighted by Crippen LogP contribution is 2.29. The molecular weight excluding hydrogens is 254 g/mol. The van der Waals surface area contributed by atoms with Gasteiger partial charge in [-0.05, 0) is 34.8 Å². The molecule has 82 valence electrons. The van der Waals surface area contributed by atoms with E-state index in [1.54, 1.807) is 6.20 Å². The van der Waals surface area contributed by atoms with Crippen LogP contribution in [0.4, 0.5) is 11.5 Å². The first kappa shape index (κ1) is 10.7. The van der Waals surface area contributed by atoms with Gasteiger partial charge in [-0.25, -0.2) is 4.98 Å². The van der Waals surface area contributed by atoms with Crippen LogP contribution in [-0.2, 0) is 0 Å². The normalized spacial score (nSPS) is 16.9.